The molecular formula is C18H15N5O6. The summed E-state index contributed by atoms with van der Waals surface area (Å²) in [4.78, 5) is 28.7. The first kappa shape index (κ1) is 19.4. The van der Waals surface area contributed by atoms with Crippen molar-refractivity contribution >= 4 is 17.9 Å². The van der Waals surface area contributed by atoms with Crippen molar-refractivity contribution in [2.75, 3.05) is 12.5 Å². The van der Waals surface area contributed by atoms with Gasteiger partial charge in [-0.25, -0.2) is 10.4 Å². The molecule has 0 atom stereocenters. The maximum atomic E-state index is 11.9. The smallest absolute Gasteiger partial charge is 0.311 e. The summed E-state index contributed by atoms with van der Waals surface area (Å²) in [6.45, 7) is 0. The Bertz CT molecular complexity index is 1140. The Morgan fingerprint density at radius 2 is 1.93 bits per heavy atom. The van der Waals surface area contributed by atoms with E-state index in [4.69, 9.17) is 4.74 Å². The second kappa shape index (κ2) is 8.08. The van der Waals surface area contributed by atoms with Gasteiger partial charge in [0.05, 0.1) is 23.9 Å². The number of anilines is 1. The van der Waals surface area contributed by atoms with Gasteiger partial charge >= 0.3 is 5.69 Å². The Balaban J connectivity index is 1.84. The van der Waals surface area contributed by atoms with E-state index >= 15 is 0 Å². The van der Waals surface area contributed by atoms with Crippen LogP contribution in [0.1, 0.15) is 5.56 Å². The number of ether oxygens (including phenoxy) is 1. The van der Waals surface area contributed by atoms with Crippen molar-refractivity contribution in [2.24, 2.45) is 5.10 Å². The molecule has 0 aliphatic heterocycles. The van der Waals surface area contributed by atoms with E-state index < -0.39 is 27.7 Å². The van der Waals surface area contributed by atoms with Crippen molar-refractivity contribution < 1.29 is 19.9 Å². The molecule has 3 rings (SSSR count). The number of aromatic hydroxyl groups is 2. The molecule has 0 unspecified atom stereocenters. The number of methoxy groups -OCH3 is 1. The first-order valence-electron chi connectivity index (χ1n) is 8.12. The average Bonchev–Trinajstić information content (AvgIpc) is 2.69. The second-order valence-electron chi connectivity index (χ2n) is 5.73. The number of H-pyrrole nitrogens is 1. The highest BCUT2D eigenvalue weighted by atomic mass is 16.6. The number of nitrogens with zero attached hydrogens (tertiary/aromatic N) is 3. The Hall–Kier alpha value is -4.41. The van der Waals surface area contributed by atoms with Crippen molar-refractivity contribution in [3.8, 4) is 28.5 Å². The number of aromatic amines is 1. The second-order valence-corrected chi connectivity index (χ2v) is 5.73. The predicted octanol–water partition coefficient (Wildman–Crippen LogP) is 2.21. The average molecular weight is 397 g/mol. The quantitative estimate of drug-likeness (QED) is 0.279. The molecule has 11 nitrogen and oxygen atoms in total. The number of nitro benzene ring substituents is 1. The topological polar surface area (TPSA) is 163 Å². The van der Waals surface area contributed by atoms with Crippen LogP contribution in [0.2, 0.25) is 0 Å². The molecule has 148 valence electrons. The monoisotopic (exact) mass is 397 g/mol. The van der Waals surface area contributed by atoms with E-state index in [-0.39, 0.29) is 11.5 Å². The van der Waals surface area contributed by atoms with Gasteiger partial charge in [0.1, 0.15) is 11.5 Å². The Labute approximate surface area is 163 Å². The largest absolute Gasteiger partial charge is 0.507 e. The number of hydrogen-bond donors (Lipinski definition) is 4. The minimum Gasteiger partial charge on any atom is -0.507 e. The van der Waals surface area contributed by atoms with E-state index in [1.54, 1.807) is 31.4 Å². The molecule has 0 aliphatic carbocycles. The number of nitrogens with one attached hydrogen (secondary N) is 2. The van der Waals surface area contributed by atoms with Crippen molar-refractivity contribution in [1.29, 1.82) is 0 Å². The summed E-state index contributed by atoms with van der Waals surface area (Å²) in [5.74, 6) is -0.403. The number of nitro groups is 1. The SMILES string of the molecule is COc1ccc(-c2cc(=O)[nH]c(N/N=C\c3cc([N+](=O)[O-])c(O)cc3O)n2)cc1. The predicted molar refractivity (Wildman–Crippen MR) is 104 cm³/mol. The Morgan fingerprint density at radius 3 is 2.59 bits per heavy atom. The number of hydrogen-bond acceptors (Lipinski definition) is 9. The summed E-state index contributed by atoms with van der Waals surface area (Å²) in [5.41, 5.74) is 2.53. The van der Waals surface area contributed by atoms with Crippen LogP contribution in [0.3, 0.4) is 0 Å². The lowest BCUT2D eigenvalue weighted by atomic mass is 10.1. The van der Waals surface area contributed by atoms with Gasteiger partial charge in [0.2, 0.25) is 5.95 Å². The minimum atomic E-state index is -0.795. The van der Waals surface area contributed by atoms with Crippen LogP contribution in [0.15, 0.2) is 52.4 Å². The van der Waals surface area contributed by atoms with Crippen molar-refractivity contribution in [2.45, 2.75) is 0 Å². The van der Waals surface area contributed by atoms with Gasteiger partial charge in [-0.05, 0) is 24.3 Å². The highest BCUT2D eigenvalue weighted by molar-refractivity contribution is 5.85. The molecule has 0 saturated carbocycles. The molecule has 11 heteroatoms. The molecule has 2 aromatic carbocycles. The summed E-state index contributed by atoms with van der Waals surface area (Å²) < 4.78 is 5.09. The molecule has 29 heavy (non-hydrogen) atoms. The van der Waals surface area contributed by atoms with E-state index in [1.165, 1.54) is 6.07 Å². The van der Waals surface area contributed by atoms with Crippen LogP contribution in [0.4, 0.5) is 11.6 Å². The summed E-state index contributed by atoms with van der Waals surface area (Å²) in [6.07, 6.45) is 1.09. The first-order chi connectivity index (χ1) is 13.9. The molecule has 0 fully saturated rings. The molecule has 0 amide bonds. The maximum absolute atomic E-state index is 11.9. The van der Waals surface area contributed by atoms with Crippen LogP contribution in [-0.4, -0.2) is 38.4 Å². The molecule has 3 aromatic rings. The van der Waals surface area contributed by atoms with Gasteiger partial charge in [-0.3, -0.25) is 19.9 Å². The summed E-state index contributed by atoms with van der Waals surface area (Å²) in [7, 11) is 1.54. The minimum absolute atomic E-state index is 0.0179. The van der Waals surface area contributed by atoms with Gasteiger partial charge in [-0.1, -0.05) is 0 Å². The third-order valence-corrected chi connectivity index (χ3v) is 3.82. The van der Waals surface area contributed by atoms with Gasteiger partial charge in [0.25, 0.3) is 5.56 Å². The lowest BCUT2D eigenvalue weighted by Crippen LogP contribution is -2.10. The molecule has 0 aliphatic rings. The van der Waals surface area contributed by atoms with Gasteiger partial charge in [-0.2, -0.15) is 5.10 Å². The van der Waals surface area contributed by atoms with Gasteiger partial charge < -0.3 is 14.9 Å². The van der Waals surface area contributed by atoms with Gasteiger partial charge in [0, 0.05) is 29.3 Å². The fraction of sp³-hybridized carbons (Fsp3) is 0.0556. The molecule has 0 radical (unpaired) electrons. The molecule has 0 saturated heterocycles. The van der Waals surface area contributed by atoms with Crippen molar-refractivity contribution in [1.82, 2.24) is 9.97 Å². The van der Waals surface area contributed by atoms with Crippen LogP contribution >= 0.6 is 0 Å². The molecular weight excluding hydrogens is 382 g/mol. The van der Waals surface area contributed by atoms with E-state index in [2.05, 4.69) is 20.5 Å². The Kier molecular flexibility index (Phi) is 5.39. The van der Waals surface area contributed by atoms with Crippen LogP contribution in [0, 0.1) is 10.1 Å². The lowest BCUT2D eigenvalue weighted by Gasteiger charge is -2.05. The fourth-order valence-electron chi connectivity index (χ4n) is 2.41. The zero-order valence-electron chi connectivity index (χ0n) is 15.0. The molecule has 1 heterocycles. The Morgan fingerprint density at radius 1 is 1.21 bits per heavy atom. The number of aromatic nitrogens is 2. The van der Waals surface area contributed by atoms with Crippen molar-refractivity contribution in [3.63, 3.8) is 0 Å². The normalized spacial score (nSPS) is 10.8. The maximum Gasteiger partial charge on any atom is 0.311 e. The van der Waals surface area contributed by atoms with Gasteiger partial charge in [-0.15, -0.1) is 0 Å². The first-order valence-corrected chi connectivity index (χ1v) is 8.12. The number of rotatable bonds is 6. The van der Waals surface area contributed by atoms with Gasteiger partial charge in [0.15, 0.2) is 5.75 Å². The van der Waals surface area contributed by atoms with Crippen LogP contribution in [-0.2, 0) is 0 Å². The van der Waals surface area contributed by atoms with E-state index in [9.17, 15) is 25.1 Å². The lowest BCUT2D eigenvalue weighted by molar-refractivity contribution is -0.385. The third-order valence-electron chi connectivity index (χ3n) is 3.82. The molecule has 1 aromatic heterocycles. The number of hydrazone groups is 1. The number of benzene rings is 2. The molecule has 0 bridgehead atoms. The zero-order chi connectivity index (χ0) is 21.0. The third kappa shape index (κ3) is 4.47. The summed E-state index contributed by atoms with van der Waals surface area (Å²) in [5, 5.41) is 34.0. The van der Waals surface area contributed by atoms with Crippen molar-refractivity contribution in [3.05, 3.63) is 68.5 Å². The zero-order valence-corrected chi connectivity index (χ0v) is 15.0. The number of phenolic OH excluding ortho intramolecular Hbond substituents is 2. The molecule has 0 spiro atoms. The summed E-state index contributed by atoms with van der Waals surface area (Å²) in [6, 6.07) is 10.0. The standard InChI is InChI=1S/C18H15N5O6/c1-29-12-4-2-10(3-5-12)13-7-17(26)21-18(20-13)22-19-9-11-6-14(23(27)28)16(25)8-15(11)24/h2-9,24-25H,1H3,(H2,20,21,22,26)/b19-9-. The number of phenols is 2. The summed E-state index contributed by atoms with van der Waals surface area (Å²) >= 11 is 0. The highest BCUT2D eigenvalue weighted by Crippen LogP contribution is 2.32. The highest BCUT2D eigenvalue weighted by Gasteiger charge is 2.16. The van der Waals surface area contributed by atoms with Crippen LogP contribution in [0.5, 0.6) is 17.2 Å². The van der Waals surface area contributed by atoms with E-state index in [0.29, 0.717) is 17.0 Å². The van der Waals surface area contributed by atoms with E-state index in [0.717, 1.165) is 18.3 Å². The molecule has 4 N–H and O–H groups in total. The fourth-order valence-corrected chi connectivity index (χ4v) is 2.41. The van der Waals surface area contributed by atoms with Crippen LogP contribution < -0.4 is 15.7 Å². The van der Waals surface area contributed by atoms with Crippen LogP contribution in [0.25, 0.3) is 11.3 Å². The van der Waals surface area contributed by atoms with E-state index in [1.807, 2.05) is 0 Å².